The Balaban J connectivity index is 1.70. The molecule has 0 unspecified atom stereocenters. The highest BCUT2D eigenvalue weighted by Gasteiger charge is 2.07. The highest BCUT2D eigenvalue weighted by molar-refractivity contribution is 9.10. The van der Waals surface area contributed by atoms with Crippen molar-refractivity contribution in [1.82, 2.24) is 0 Å². The van der Waals surface area contributed by atoms with Gasteiger partial charge in [-0.3, -0.25) is 4.79 Å². The normalized spacial score (nSPS) is 10.5. The Labute approximate surface area is 160 Å². The summed E-state index contributed by atoms with van der Waals surface area (Å²) in [7, 11) is 0. The van der Waals surface area contributed by atoms with Crippen molar-refractivity contribution in [3.8, 4) is 10.4 Å². The van der Waals surface area contributed by atoms with E-state index in [4.69, 9.17) is 0 Å². The zero-order valence-electron chi connectivity index (χ0n) is 14.1. The average molecular weight is 415 g/mol. The number of nitrogens with one attached hydrogen (secondary N) is 2. The van der Waals surface area contributed by atoms with Crippen LogP contribution in [0, 0.1) is 6.92 Å². The first kappa shape index (κ1) is 17.7. The van der Waals surface area contributed by atoms with Gasteiger partial charge in [0.1, 0.15) is 0 Å². The van der Waals surface area contributed by atoms with Crippen LogP contribution in [0.15, 0.2) is 59.1 Å². The SMILES string of the molecule is CC(=O)Nc1cc(NCc2ccc(-c3ccccc3Br)s2)ccc1C. The fraction of sp³-hybridized carbons (Fsp3) is 0.150. The second kappa shape index (κ2) is 7.85. The third kappa shape index (κ3) is 4.50. The Morgan fingerprint density at radius 2 is 1.92 bits per heavy atom. The molecule has 25 heavy (non-hydrogen) atoms. The van der Waals surface area contributed by atoms with Crippen LogP contribution in [0.2, 0.25) is 0 Å². The quantitative estimate of drug-likeness (QED) is 0.532. The Bertz CT molecular complexity index is 904. The van der Waals surface area contributed by atoms with Crippen molar-refractivity contribution in [1.29, 1.82) is 0 Å². The van der Waals surface area contributed by atoms with Gasteiger partial charge in [0.05, 0.1) is 0 Å². The first-order chi connectivity index (χ1) is 12.0. The molecule has 0 aliphatic carbocycles. The van der Waals surface area contributed by atoms with Crippen LogP contribution in [-0.2, 0) is 11.3 Å². The molecule has 2 aromatic carbocycles. The first-order valence-corrected chi connectivity index (χ1v) is 9.59. The topological polar surface area (TPSA) is 41.1 Å². The minimum absolute atomic E-state index is 0.0587. The number of carbonyl (C=O) groups is 1. The number of carbonyl (C=O) groups excluding carboxylic acids is 1. The smallest absolute Gasteiger partial charge is 0.221 e. The van der Waals surface area contributed by atoms with E-state index in [9.17, 15) is 4.79 Å². The van der Waals surface area contributed by atoms with Crippen molar-refractivity contribution < 1.29 is 4.79 Å². The fourth-order valence-electron chi connectivity index (χ4n) is 2.52. The Morgan fingerprint density at radius 1 is 1.12 bits per heavy atom. The molecule has 3 rings (SSSR count). The van der Waals surface area contributed by atoms with Crippen LogP contribution in [0.1, 0.15) is 17.4 Å². The van der Waals surface area contributed by atoms with Crippen LogP contribution < -0.4 is 10.6 Å². The molecule has 0 aliphatic rings. The molecule has 3 nitrogen and oxygen atoms in total. The van der Waals surface area contributed by atoms with E-state index >= 15 is 0 Å². The zero-order chi connectivity index (χ0) is 17.8. The Morgan fingerprint density at radius 3 is 2.68 bits per heavy atom. The summed E-state index contributed by atoms with van der Waals surface area (Å²) in [5.41, 5.74) is 4.10. The molecule has 5 heteroatoms. The van der Waals surface area contributed by atoms with E-state index in [1.807, 2.05) is 37.3 Å². The van der Waals surface area contributed by atoms with Crippen LogP contribution in [0.4, 0.5) is 11.4 Å². The van der Waals surface area contributed by atoms with E-state index in [1.165, 1.54) is 22.2 Å². The van der Waals surface area contributed by atoms with E-state index in [1.54, 1.807) is 11.3 Å². The molecule has 2 N–H and O–H groups in total. The summed E-state index contributed by atoms with van der Waals surface area (Å²) in [6.45, 7) is 4.25. The molecule has 1 amide bonds. The van der Waals surface area contributed by atoms with Gasteiger partial charge in [0.2, 0.25) is 5.91 Å². The van der Waals surface area contributed by atoms with Crippen molar-refractivity contribution in [3.05, 3.63) is 69.5 Å². The molecule has 0 atom stereocenters. The maximum absolute atomic E-state index is 11.3. The van der Waals surface area contributed by atoms with Crippen molar-refractivity contribution in [3.63, 3.8) is 0 Å². The number of aryl methyl sites for hydroxylation is 1. The van der Waals surface area contributed by atoms with Gasteiger partial charge < -0.3 is 10.6 Å². The lowest BCUT2D eigenvalue weighted by molar-refractivity contribution is -0.114. The number of hydrogen-bond acceptors (Lipinski definition) is 3. The maximum Gasteiger partial charge on any atom is 0.221 e. The third-order valence-corrected chi connectivity index (χ3v) is 5.63. The van der Waals surface area contributed by atoms with Crippen molar-refractivity contribution in [2.45, 2.75) is 20.4 Å². The number of hydrogen-bond donors (Lipinski definition) is 2. The summed E-state index contributed by atoms with van der Waals surface area (Å²) >= 11 is 5.38. The summed E-state index contributed by atoms with van der Waals surface area (Å²) < 4.78 is 1.11. The highest BCUT2D eigenvalue weighted by atomic mass is 79.9. The Kier molecular flexibility index (Phi) is 5.56. The van der Waals surface area contributed by atoms with E-state index in [2.05, 4.69) is 50.8 Å². The van der Waals surface area contributed by atoms with E-state index < -0.39 is 0 Å². The predicted octanol–water partition coefficient (Wildman–Crippen LogP) is 6.06. The molecule has 0 spiro atoms. The van der Waals surface area contributed by atoms with Gasteiger partial charge in [0, 0.05) is 44.6 Å². The first-order valence-electron chi connectivity index (χ1n) is 7.98. The molecule has 1 heterocycles. The number of rotatable bonds is 5. The van der Waals surface area contributed by atoms with Crippen LogP contribution in [-0.4, -0.2) is 5.91 Å². The number of benzene rings is 2. The number of halogens is 1. The number of thiophene rings is 1. The van der Waals surface area contributed by atoms with Crippen LogP contribution >= 0.6 is 27.3 Å². The molecular formula is C20H19BrN2OS. The van der Waals surface area contributed by atoms with Crippen LogP contribution in [0.5, 0.6) is 0 Å². The molecule has 3 aromatic rings. The zero-order valence-corrected chi connectivity index (χ0v) is 16.5. The van der Waals surface area contributed by atoms with Gasteiger partial charge in [-0.05, 0) is 42.8 Å². The molecule has 0 bridgehead atoms. The molecule has 0 fully saturated rings. The average Bonchev–Trinajstić information content (AvgIpc) is 3.04. The van der Waals surface area contributed by atoms with E-state index in [0.29, 0.717) is 0 Å². The molecular weight excluding hydrogens is 396 g/mol. The van der Waals surface area contributed by atoms with Gasteiger partial charge in [-0.15, -0.1) is 11.3 Å². The van der Waals surface area contributed by atoms with Gasteiger partial charge in [-0.1, -0.05) is 40.2 Å². The second-order valence-electron chi connectivity index (χ2n) is 5.81. The molecule has 1 aromatic heterocycles. The van der Waals surface area contributed by atoms with Gasteiger partial charge in [-0.25, -0.2) is 0 Å². The monoisotopic (exact) mass is 414 g/mol. The summed E-state index contributed by atoms with van der Waals surface area (Å²) in [6.07, 6.45) is 0. The van der Waals surface area contributed by atoms with Gasteiger partial charge in [0.15, 0.2) is 0 Å². The van der Waals surface area contributed by atoms with Crippen molar-refractivity contribution >= 4 is 44.5 Å². The lowest BCUT2D eigenvalue weighted by Crippen LogP contribution is -2.07. The largest absolute Gasteiger partial charge is 0.380 e. The maximum atomic E-state index is 11.3. The number of anilines is 2. The van der Waals surface area contributed by atoms with E-state index in [-0.39, 0.29) is 5.91 Å². The Hall–Kier alpha value is -2.11. The molecule has 0 radical (unpaired) electrons. The summed E-state index contributed by atoms with van der Waals surface area (Å²) in [6, 6.07) is 18.6. The lowest BCUT2D eigenvalue weighted by Gasteiger charge is -2.10. The summed E-state index contributed by atoms with van der Waals surface area (Å²) in [5, 5.41) is 6.29. The highest BCUT2D eigenvalue weighted by Crippen LogP contribution is 2.33. The fourth-order valence-corrected chi connectivity index (χ4v) is 4.14. The second-order valence-corrected chi connectivity index (χ2v) is 7.83. The minimum Gasteiger partial charge on any atom is -0.380 e. The predicted molar refractivity (Wildman–Crippen MR) is 110 cm³/mol. The lowest BCUT2D eigenvalue weighted by atomic mass is 10.1. The summed E-state index contributed by atoms with van der Waals surface area (Å²) in [5.74, 6) is -0.0587. The van der Waals surface area contributed by atoms with Crippen LogP contribution in [0.3, 0.4) is 0 Å². The standard InChI is InChI=1S/C20H19BrN2OS/c1-13-7-8-15(11-19(13)23-14(2)24)22-12-16-9-10-20(25-16)17-5-3-4-6-18(17)21/h3-11,22H,12H2,1-2H3,(H,23,24). The third-order valence-electron chi connectivity index (χ3n) is 3.82. The van der Waals surface area contributed by atoms with Crippen LogP contribution in [0.25, 0.3) is 10.4 Å². The van der Waals surface area contributed by atoms with Gasteiger partial charge in [-0.2, -0.15) is 0 Å². The molecule has 0 saturated heterocycles. The summed E-state index contributed by atoms with van der Waals surface area (Å²) in [4.78, 5) is 13.8. The van der Waals surface area contributed by atoms with Gasteiger partial charge in [0.25, 0.3) is 0 Å². The minimum atomic E-state index is -0.0587. The van der Waals surface area contributed by atoms with Crippen molar-refractivity contribution in [2.24, 2.45) is 0 Å². The van der Waals surface area contributed by atoms with Crippen molar-refractivity contribution in [2.75, 3.05) is 10.6 Å². The molecule has 0 saturated carbocycles. The van der Waals surface area contributed by atoms with E-state index in [0.717, 1.165) is 28.0 Å². The number of amides is 1. The molecule has 0 aliphatic heterocycles. The molecule has 128 valence electrons. The van der Waals surface area contributed by atoms with Gasteiger partial charge >= 0.3 is 0 Å².